The minimum Gasteiger partial charge on any atom is -0.459 e. The van der Waals surface area contributed by atoms with Crippen molar-refractivity contribution in [3.63, 3.8) is 0 Å². The molecule has 22 heavy (non-hydrogen) atoms. The number of aromatic nitrogens is 3. The molecule has 0 saturated carbocycles. The van der Waals surface area contributed by atoms with Crippen LogP contribution in [0.25, 0.3) is 5.69 Å². The Hall–Kier alpha value is -2.89. The summed E-state index contributed by atoms with van der Waals surface area (Å²) in [5.41, 5.74) is 2.74. The molecule has 3 rings (SSSR count). The number of aryl methyl sites for hydroxylation is 1. The van der Waals surface area contributed by atoms with E-state index in [4.69, 9.17) is 4.42 Å². The lowest BCUT2D eigenvalue weighted by molar-refractivity contribution is 0.0911. The summed E-state index contributed by atoms with van der Waals surface area (Å²) >= 11 is 0. The van der Waals surface area contributed by atoms with Crippen LogP contribution in [0.15, 0.2) is 53.7 Å². The third-order valence-corrected chi connectivity index (χ3v) is 3.49. The zero-order valence-corrected chi connectivity index (χ0v) is 12.4. The third kappa shape index (κ3) is 2.76. The van der Waals surface area contributed by atoms with Gasteiger partial charge in [0.05, 0.1) is 18.0 Å². The lowest BCUT2D eigenvalue weighted by Crippen LogP contribution is -2.26. The number of rotatable bonds is 4. The average Bonchev–Trinajstić information content (AvgIpc) is 3.18. The van der Waals surface area contributed by atoms with Gasteiger partial charge in [-0.15, -0.1) is 0 Å². The zero-order valence-electron chi connectivity index (χ0n) is 12.4. The highest BCUT2D eigenvalue weighted by atomic mass is 16.3. The van der Waals surface area contributed by atoms with E-state index >= 15 is 0 Å². The van der Waals surface area contributed by atoms with E-state index in [2.05, 4.69) is 15.4 Å². The van der Waals surface area contributed by atoms with Gasteiger partial charge in [-0.1, -0.05) is 12.1 Å². The molecule has 2 aromatic heterocycles. The van der Waals surface area contributed by atoms with Gasteiger partial charge in [-0.25, -0.2) is 9.67 Å². The van der Waals surface area contributed by atoms with E-state index in [9.17, 15) is 4.79 Å². The lowest BCUT2D eigenvalue weighted by atomic mass is 10.1. The maximum absolute atomic E-state index is 12.1. The van der Waals surface area contributed by atoms with Crippen molar-refractivity contribution in [1.82, 2.24) is 20.1 Å². The van der Waals surface area contributed by atoms with Gasteiger partial charge < -0.3 is 9.73 Å². The van der Waals surface area contributed by atoms with Crippen LogP contribution in [0.1, 0.15) is 34.6 Å². The number of carbonyl (C=O) groups excluding carboxylic acids is 1. The van der Waals surface area contributed by atoms with Gasteiger partial charge in [-0.2, -0.15) is 5.10 Å². The van der Waals surface area contributed by atoms with E-state index in [1.54, 1.807) is 17.1 Å². The van der Waals surface area contributed by atoms with Crippen LogP contribution in [0, 0.1) is 6.92 Å². The van der Waals surface area contributed by atoms with Crippen LogP contribution in [0.3, 0.4) is 0 Å². The topological polar surface area (TPSA) is 73.0 Å². The fourth-order valence-electron chi connectivity index (χ4n) is 2.21. The maximum Gasteiger partial charge on any atom is 0.287 e. The largest absolute Gasteiger partial charge is 0.459 e. The zero-order chi connectivity index (χ0) is 15.5. The van der Waals surface area contributed by atoms with E-state index < -0.39 is 0 Å². The minimum absolute atomic E-state index is 0.123. The van der Waals surface area contributed by atoms with Crippen LogP contribution in [0.2, 0.25) is 0 Å². The van der Waals surface area contributed by atoms with Crippen molar-refractivity contribution in [3.05, 3.63) is 66.1 Å². The summed E-state index contributed by atoms with van der Waals surface area (Å²) in [6, 6.07) is 9.43. The second-order valence-corrected chi connectivity index (χ2v) is 5.06. The highest BCUT2D eigenvalue weighted by molar-refractivity contribution is 5.93. The van der Waals surface area contributed by atoms with Crippen molar-refractivity contribution in [2.45, 2.75) is 19.9 Å². The summed E-state index contributed by atoms with van der Waals surface area (Å²) in [6.45, 7) is 3.77. The van der Waals surface area contributed by atoms with Gasteiger partial charge in [0, 0.05) is 5.56 Å². The molecule has 0 spiro atoms. The second-order valence-electron chi connectivity index (χ2n) is 5.06. The monoisotopic (exact) mass is 296 g/mol. The number of benzene rings is 1. The molecule has 0 aliphatic carbocycles. The molecule has 1 amide bonds. The molecule has 0 radical (unpaired) electrons. The molecule has 0 aliphatic rings. The first kappa shape index (κ1) is 14.1. The minimum atomic E-state index is -0.213. The molecule has 6 heteroatoms. The summed E-state index contributed by atoms with van der Waals surface area (Å²) in [6.07, 6.45) is 4.64. The van der Waals surface area contributed by atoms with Crippen molar-refractivity contribution < 1.29 is 9.21 Å². The summed E-state index contributed by atoms with van der Waals surface area (Å²) in [4.78, 5) is 16.1. The molecule has 0 bridgehead atoms. The summed E-state index contributed by atoms with van der Waals surface area (Å²) in [7, 11) is 0. The third-order valence-electron chi connectivity index (χ3n) is 3.49. The van der Waals surface area contributed by atoms with Crippen molar-refractivity contribution in [3.8, 4) is 5.69 Å². The Labute approximate surface area is 127 Å². The molecule has 1 unspecified atom stereocenters. The summed E-state index contributed by atoms with van der Waals surface area (Å²) in [5.74, 6) is 0.140. The molecule has 112 valence electrons. The summed E-state index contributed by atoms with van der Waals surface area (Å²) < 4.78 is 6.88. The molecule has 0 fully saturated rings. The Balaban J connectivity index is 1.71. The number of amides is 1. The molecular weight excluding hydrogens is 280 g/mol. The normalized spacial score (nSPS) is 12.1. The SMILES string of the molecule is Cc1ccoc1C(=O)NC(C)c1ccc(-n2cncn2)cc1. The van der Waals surface area contributed by atoms with Crippen molar-refractivity contribution in [1.29, 1.82) is 0 Å². The lowest BCUT2D eigenvalue weighted by Gasteiger charge is -2.14. The molecule has 1 aromatic carbocycles. The van der Waals surface area contributed by atoms with Crippen LogP contribution < -0.4 is 5.32 Å². The van der Waals surface area contributed by atoms with E-state index in [0.717, 1.165) is 16.8 Å². The quantitative estimate of drug-likeness (QED) is 0.803. The number of nitrogens with one attached hydrogen (secondary N) is 1. The van der Waals surface area contributed by atoms with Crippen LogP contribution in [-0.4, -0.2) is 20.7 Å². The molecule has 1 N–H and O–H groups in total. The van der Waals surface area contributed by atoms with Crippen molar-refractivity contribution in [2.75, 3.05) is 0 Å². The van der Waals surface area contributed by atoms with Gasteiger partial charge in [0.25, 0.3) is 5.91 Å². The first-order valence-corrected chi connectivity index (χ1v) is 6.95. The number of furan rings is 1. The molecule has 0 aliphatic heterocycles. The number of nitrogens with zero attached hydrogens (tertiary/aromatic N) is 3. The molecule has 0 saturated heterocycles. The Bertz CT molecular complexity index is 760. The fourth-order valence-corrected chi connectivity index (χ4v) is 2.21. The van der Waals surface area contributed by atoms with Crippen molar-refractivity contribution >= 4 is 5.91 Å². The van der Waals surface area contributed by atoms with Crippen LogP contribution in [0.5, 0.6) is 0 Å². The van der Waals surface area contributed by atoms with Crippen LogP contribution in [0.4, 0.5) is 0 Å². The molecular formula is C16H16N4O2. The van der Waals surface area contributed by atoms with Gasteiger partial charge in [-0.05, 0) is 37.6 Å². The van der Waals surface area contributed by atoms with Gasteiger partial charge in [0.2, 0.25) is 0 Å². The summed E-state index contributed by atoms with van der Waals surface area (Å²) in [5, 5.41) is 7.00. The van der Waals surface area contributed by atoms with E-state index in [-0.39, 0.29) is 11.9 Å². The Morgan fingerprint density at radius 2 is 2.05 bits per heavy atom. The highest BCUT2D eigenvalue weighted by Gasteiger charge is 2.16. The van der Waals surface area contributed by atoms with Crippen molar-refractivity contribution in [2.24, 2.45) is 0 Å². The van der Waals surface area contributed by atoms with Gasteiger partial charge in [0.15, 0.2) is 5.76 Å². The average molecular weight is 296 g/mol. The van der Waals surface area contributed by atoms with Gasteiger partial charge in [-0.3, -0.25) is 4.79 Å². The Morgan fingerprint density at radius 3 is 2.64 bits per heavy atom. The Kier molecular flexibility index (Phi) is 3.74. The smallest absolute Gasteiger partial charge is 0.287 e. The van der Waals surface area contributed by atoms with E-state index in [1.165, 1.54) is 12.6 Å². The van der Waals surface area contributed by atoms with E-state index in [0.29, 0.717) is 5.76 Å². The first-order valence-electron chi connectivity index (χ1n) is 6.95. The Morgan fingerprint density at radius 1 is 1.27 bits per heavy atom. The van der Waals surface area contributed by atoms with E-state index in [1.807, 2.05) is 38.1 Å². The van der Waals surface area contributed by atoms with Gasteiger partial charge >= 0.3 is 0 Å². The highest BCUT2D eigenvalue weighted by Crippen LogP contribution is 2.17. The van der Waals surface area contributed by atoms with Crippen LogP contribution in [-0.2, 0) is 0 Å². The number of hydrogen-bond acceptors (Lipinski definition) is 4. The molecule has 3 aromatic rings. The van der Waals surface area contributed by atoms with Gasteiger partial charge in [0.1, 0.15) is 12.7 Å². The molecule has 2 heterocycles. The second kappa shape index (κ2) is 5.85. The fraction of sp³-hybridized carbons (Fsp3) is 0.188. The van der Waals surface area contributed by atoms with Crippen LogP contribution >= 0.6 is 0 Å². The first-order chi connectivity index (χ1) is 10.6. The number of hydrogen-bond donors (Lipinski definition) is 1. The molecule has 6 nitrogen and oxygen atoms in total. The molecule has 1 atom stereocenters. The predicted octanol–water partition coefficient (Wildman–Crippen LogP) is 2.66. The predicted molar refractivity (Wildman–Crippen MR) is 80.7 cm³/mol. The number of carbonyl (C=O) groups is 1. The maximum atomic E-state index is 12.1. The standard InChI is InChI=1S/C16H16N4O2/c1-11-7-8-22-15(11)16(21)19-12(2)13-3-5-14(6-4-13)20-10-17-9-18-20/h3-10,12H,1-2H3,(H,19,21).